The van der Waals surface area contributed by atoms with Gasteiger partial charge in [-0.25, -0.2) is 0 Å². The molecule has 18 heavy (non-hydrogen) atoms. The molecule has 1 aromatic rings. The third-order valence-corrected chi connectivity index (χ3v) is 4.45. The lowest BCUT2D eigenvalue weighted by Crippen LogP contribution is -2.44. The molecule has 4 nitrogen and oxygen atoms in total. The zero-order valence-corrected chi connectivity index (χ0v) is 10.3. The van der Waals surface area contributed by atoms with Crippen molar-refractivity contribution in [2.24, 2.45) is 5.92 Å². The van der Waals surface area contributed by atoms with Gasteiger partial charge in [-0.15, -0.1) is 0 Å². The van der Waals surface area contributed by atoms with Crippen LogP contribution in [0.3, 0.4) is 0 Å². The summed E-state index contributed by atoms with van der Waals surface area (Å²) in [5.74, 6) is -0.936. The van der Waals surface area contributed by atoms with E-state index in [1.807, 2.05) is 13.1 Å². The lowest BCUT2D eigenvalue weighted by atomic mass is 9.78. The number of carboxylic acids is 1. The molecule has 0 radical (unpaired) electrons. The summed E-state index contributed by atoms with van der Waals surface area (Å²) in [7, 11) is 2.02. The third-order valence-electron chi connectivity index (χ3n) is 4.45. The largest absolute Gasteiger partial charge is 0.508 e. The summed E-state index contributed by atoms with van der Waals surface area (Å²) < 4.78 is 0. The first kappa shape index (κ1) is 11.4. The van der Waals surface area contributed by atoms with Crippen LogP contribution in [0.5, 0.6) is 5.75 Å². The molecule has 4 heteroatoms. The van der Waals surface area contributed by atoms with Crippen LogP contribution >= 0.6 is 0 Å². The summed E-state index contributed by atoms with van der Waals surface area (Å²) in [6.45, 7) is 0. The molecule has 3 atom stereocenters. The number of benzene rings is 1. The number of carbonyl (C=O) groups is 1. The Morgan fingerprint density at radius 2 is 2.17 bits per heavy atom. The molecular formula is C14H17NO3. The van der Waals surface area contributed by atoms with Crippen molar-refractivity contribution >= 4 is 11.7 Å². The quantitative estimate of drug-likeness (QED) is 0.798. The number of rotatable bonds is 1. The van der Waals surface area contributed by atoms with E-state index in [-0.39, 0.29) is 11.7 Å². The zero-order chi connectivity index (χ0) is 12.9. The van der Waals surface area contributed by atoms with Gasteiger partial charge in [0.25, 0.3) is 0 Å². The molecule has 96 valence electrons. The number of nitrogens with zero attached hydrogens (tertiary/aromatic N) is 1. The van der Waals surface area contributed by atoms with Gasteiger partial charge in [-0.1, -0.05) is 6.42 Å². The Kier molecular flexibility index (Phi) is 2.47. The number of hydrogen-bond donors (Lipinski definition) is 2. The second-order valence-electron chi connectivity index (χ2n) is 5.33. The standard InChI is InChI=1S/C14H17NO3/c1-15-11-4-2-3-9(11)13(14(17)18)10-7-8(16)5-6-12(10)15/h5-7,9,11,13,16H,2-4H2,1H3,(H,17,18). The summed E-state index contributed by atoms with van der Waals surface area (Å²) in [6.07, 6.45) is 3.11. The molecule has 1 heterocycles. The van der Waals surface area contributed by atoms with Gasteiger partial charge in [0.1, 0.15) is 5.75 Å². The lowest BCUT2D eigenvalue weighted by Gasteiger charge is -2.41. The van der Waals surface area contributed by atoms with Gasteiger partial charge in [-0.3, -0.25) is 4.79 Å². The van der Waals surface area contributed by atoms with Crippen molar-refractivity contribution in [1.29, 1.82) is 0 Å². The van der Waals surface area contributed by atoms with Gasteiger partial charge < -0.3 is 15.1 Å². The first-order valence-corrected chi connectivity index (χ1v) is 6.38. The van der Waals surface area contributed by atoms with Gasteiger partial charge in [0.15, 0.2) is 0 Å². The molecule has 3 rings (SSSR count). The Hall–Kier alpha value is -1.71. The predicted molar refractivity (Wildman–Crippen MR) is 68.0 cm³/mol. The maximum Gasteiger partial charge on any atom is 0.311 e. The molecule has 1 aliphatic heterocycles. The number of phenolic OH excluding ortho intramolecular Hbond substituents is 1. The topological polar surface area (TPSA) is 60.8 Å². The minimum absolute atomic E-state index is 0.143. The highest BCUT2D eigenvalue weighted by Gasteiger charge is 2.45. The van der Waals surface area contributed by atoms with E-state index in [2.05, 4.69) is 4.90 Å². The van der Waals surface area contributed by atoms with Crippen molar-refractivity contribution in [2.75, 3.05) is 11.9 Å². The second-order valence-corrected chi connectivity index (χ2v) is 5.33. The molecule has 0 spiro atoms. The maximum atomic E-state index is 11.6. The molecule has 0 bridgehead atoms. The minimum atomic E-state index is -0.771. The molecule has 0 aromatic heterocycles. The Balaban J connectivity index is 2.16. The Morgan fingerprint density at radius 1 is 1.39 bits per heavy atom. The predicted octanol–water partition coefficient (Wildman–Crippen LogP) is 2.18. The van der Waals surface area contributed by atoms with Crippen LogP contribution < -0.4 is 4.90 Å². The van der Waals surface area contributed by atoms with Gasteiger partial charge in [0.05, 0.1) is 5.92 Å². The van der Waals surface area contributed by atoms with Crippen LogP contribution in [0.2, 0.25) is 0 Å². The smallest absolute Gasteiger partial charge is 0.311 e. The van der Waals surface area contributed by atoms with E-state index >= 15 is 0 Å². The molecule has 3 unspecified atom stereocenters. The van der Waals surface area contributed by atoms with Crippen molar-refractivity contribution in [3.8, 4) is 5.75 Å². The van der Waals surface area contributed by atoms with Crippen molar-refractivity contribution < 1.29 is 15.0 Å². The first-order valence-electron chi connectivity index (χ1n) is 6.38. The fraction of sp³-hybridized carbons (Fsp3) is 0.500. The fourth-order valence-electron chi connectivity index (χ4n) is 3.68. The second kappa shape index (κ2) is 3.90. The van der Waals surface area contributed by atoms with Crippen molar-refractivity contribution in [3.05, 3.63) is 23.8 Å². The number of hydrogen-bond acceptors (Lipinski definition) is 3. The first-order chi connectivity index (χ1) is 8.59. The Labute approximate surface area is 106 Å². The van der Waals surface area contributed by atoms with Crippen molar-refractivity contribution in [1.82, 2.24) is 0 Å². The van der Waals surface area contributed by atoms with Crippen LogP contribution in [0.15, 0.2) is 18.2 Å². The molecule has 2 N–H and O–H groups in total. The van der Waals surface area contributed by atoms with E-state index in [1.165, 1.54) is 0 Å². The number of carboxylic acid groups (broad SMARTS) is 1. The highest BCUT2D eigenvalue weighted by atomic mass is 16.4. The van der Waals surface area contributed by atoms with E-state index in [1.54, 1.807) is 12.1 Å². The summed E-state index contributed by atoms with van der Waals surface area (Å²) in [4.78, 5) is 13.8. The minimum Gasteiger partial charge on any atom is -0.508 e. The molecule has 0 amide bonds. The van der Waals surface area contributed by atoms with Crippen LogP contribution in [-0.4, -0.2) is 29.3 Å². The number of fused-ring (bicyclic) bond motifs is 2. The van der Waals surface area contributed by atoms with E-state index in [0.717, 1.165) is 30.5 Å². The van der Waals surface area contributed by atoms with Crippen LogP contribution in [0.4, 0.5) is 5.69 Å². The fourth-order valence-corrected chi connectivity index (χ4v) is 3.68. The Bertz CT molecular complexity index is 500. The van der Waals surface area contributed by atoms with E-state index < -0.39 is 11.9 Å². The number of aromatic hydroxyl groups is 1. The summed E-state index contributed by atoms with van der Waals surface area (Å²) in [6, 6.07) is 5.39. The summed E-state index contributed by atoms with van der Waals surface area (Å²) >= 11 is 0. The number of phenols is 1. The Morgan fingerprint density at radius 3 is 2.89 bits per heavy atom. The third kappa shape index (κ3) is 1.48. The van der Waals surface area contributed by atoms with E-state index in [4.69, 9.17) is 0 Å². The van der Waals surface area contributed by atoms with Gasteiger partial charge >= 0.3 is 5.97 Å². The van der Waals surface area contributed by atoms with Crippen molar-refractivity contribution in [3.63, 3.8) is 0 Å². The zero-order valence-electron chi connectivity index (χ0n) is 10.3. The monoisotopic (exact) mass is 247 g/mol. The van der Waals surface area contributed by atoms with Gasteiger partial charge in [-0.05, 0) is 42.5 Å². The van der Waals surface area contributed by atoms with E-state index in [0.29, 0.717) is 6.04 Å². The summed E-state index contributed by atoms with van der Waals surface area (Å²) in [5, 5.41) is 19.1. The average Bonchev–Trinajstić information content (AvgIpc) is 2.77. The average molecular weight is 247 g/mol. The normalized spacial score (nSPS) is 29.8. The SMILES string of the molecule is CN1c2ccc(O)cc2C(C(=O)O)C2CCCC21. The highest BCUT2D eigenvalue weighted by Crippen LogP contribution is 2.48. The molecule has 1 fully saturated rings. The molecule has 1 aliphatic carbocycles. The van der Waals surface area contributed by atoms with Crippen LogP contribution in [0.1, 0.15) is 30.7 Å². The number of anilines is 1. The summed E-state index contributed by atoms with van der Waals surface area (Å²) in [5.41, 5.74) is 1.71. The van der Waals surface area contributed by atoms with Gasteiger partial charge in [0.2, 0.25) is 0 Å². The molecule has 1 aromatic carbocycles. The van der Waals surface area contributed by atoms with Crippen molar-refractivity contribution in [2.45, 2.75) is 31.2 Å². The molecular weight excluding hydrogens is 230 g/mol. The lowest BCUT2D eigenvalue weighted by molar-refractivity contribution is -0.140. The number of aliphatic carboxylic acids is 1. The maximum absolute atomic E-state index is 11.6. The van der Waals surface area contributed by atoms with Crippen LogP contribution in [-0.2, 0) is 4.79 Å². The molecule has 1 saturated carbocycles. The van der Waals surface area contributed by atoms with Gasteiger partial charge in [-0.2, -0.15) is 0 Å². The van der Waals surface area contributed by atoms with Gasteiger partial charge in [0, 0.05) is 18.8 Å². The van der Waals surface area contributed by atoms with Crippen LogP contribution in [0, 0.1) is 5.92 Å². The molecule has 0 saturated heterocycles. The van der Waals surface area contributed by atoms with Crippen LogP contribution in [0.25, 0.3) is 0 Å². The molecule has 2 aliphatic rings. The highest BCUT2D eigenvalue weighted by molar-refractivity contribution is 5.81. The van der Waals surface area contributed by atoms with E-state index in [9.17, 15) is 15.0 Å².